The SMILES string of the molecule is [B]c1cnc(Cl)c(-c2cnc(NC(=O)C(c3ccccc3)c3ccccc3)s2)c1. The summed E-state index contributed by atoms with van der Waals surface area (Å²) in [5.41, 5.74) is 3.02. The Bertz CT molecular complexity index is 1100. The van der Waals surface area contributed by atoms with Crippen molar-refractivity contribution in [2.75, 3.05) is 5.32 Å². The van der Waals surface area contributed by atoms with E-state index >= 15 is 0 Å². The zero-order chi connectivity index (χ0) is 20.2. The summed E-state index contributed by atoms with van der Waals surface area (Å²) < 4.78 is 0. The van der Waals surface area contributed by atoms with Crippen LogP contribution in [-0.2, 0) is 4.79 Å². The van der Waals surface area contributed by atoms with Crippen molar-refractivity contribution >= 4 is 47.3 Å². The van der Waals surface area contributed by atoms with Gasteiger partial charge in [0.1, 0.15) is 13.0 Å². The Labute approximate surface area is 179 Å². The second-order valence-corrected chi connectivity index (χ2v) is 7.77. The van der Waals surface area contributed by atoms with Crippen molar-refractivity contribution in [1.29, 1.82) is 0 Å². The number of amides is 1. The second kappa shape index (κ2) is 8.60. The number of anilines is 1. The summed E-state index contributed by atoms with van der Waals surface area (Å²) in [7, 11) is 5.81. The largest absolute Gasteiger partial charge is 0.301 e. The monoisotopic (exact) mass is 415 g/mol. The number of carbonyl (C=O) groups excluding carboxylic acids is 1. The summed E-state index contributed by atoms with van der Waals surface area (Å²) in [4.78, 5) is 22.4. The molecule has 1 amide bonds. The molecule has 4 nitrogen and oxygen atoms in total. The molecule has 1 N–H and O–H groups in total. The van der Waals surface area contributed by atoms with Gasteiger partial charge < -0.3 is 5.32 Å². The van der Waals surface area contributed by atoms with Crippen molar-refractivity contribution < 1.29 is 4.79 Å². The van der Waals surface area contributed by atoms with Gasteiger partial charge in [-0.1, -0.05) is 95.1 Å². The fourth-order valence-corrected chi connectivity index (χ4v) is 4.15. The highest BCUT2D eigenvalue weighted by molar-refractivity contribution is 7.19. The van der Waals surface area contributed by atoms with Gasteiger partial charge in [0.15, 0.2) is 5.13 Å². The van der Waals surface area contributed by atoms with E-state index < -0.39 is 5.92 Å². The van der Waals surface area contributed by atoms with E-state index in [0.29, 0.717) is 21.3 Å². The number of nitrogens with one attached hydrogen (secondary N) is 1. The van der Waals surface area contributed by atoms with E-state index in [9.17, 15) is 4.79 Å². The Balaban J connectivity index is 1.62. The number of rotatable bonds is 5. The van der Waals surface area contributed by atoms with Crippen LogP contribution >= 0.6 is 22.9 Å². The van der Waals surface area contributed by atoms with Crippen LogP contribution in [0.15, 0.2) is 79.1 Å². The molecule has 2 radical (unpaired) electrons. The maximum atomic E-state index is 13.2. The Kier molecular flexibility index (Phi) is 5.74. The summed E-state index contributed by atoms with van der Waals surface area (Å²) in [6.07, 6.45) is 3.16. The average molecular weight is 416 g/mol. The number of hydrogen-bond acceptors (Lipinski definition) is 4. The van der Waals surface area contributed by atoms with Gasteiger partial charge in [-0.15, -0.1) is 0 Å². The lowest BCUT2D eigenvalue weighted by atomic mass is 9.90. The van der Waals surface area contributed by atoms with E-state index in [-0.39, 0.29) is 5.91 Å². The normalized spacial score (nSPS) is 10.8. The average Bonchev–Trinajstić information content (AvgIpc) is 3.20. The quantitative estimate of drug-likeness (QED) is 0.388. The third kappa shape index (κ3) is 4.39. The maximum Gasteiger partial charge on any atom is 0.238 e. The molecule has 0 unspecified atom stereocenters. The first-order chi connectivity index (χ1) is 14.1. The first kappa shape index (κ1) is 19.4. The molecule has 0 aliphatic heterocycles. The van der Waals surface area contributed by atoms with Crippen molar-refractivity contribution in [3.8, 4) is 10.4 Å². The molecule has 0 spiro atoms. The molecule has 0 atom stereocenters. The molecule has 0 bridgehead atoms. The van der Waals surface area contributed by atoms with Gasteiger partial charge in [0.25, 0.3) is 0 Å². The summed E-state index contributed by atoms with van der Waals surface area (Å²) >= 11 is 7.50. The van der Waals surface area contributed by atoms with E-state index in [0.717, 1.165) is 16.0 Å². The van der Waals surface area contributed by atoms with E-state index in [2.05, 4.69) is 15.3 Å². The standard InChI is InChI=1S/C22H15BClN3OS/c23-16-11-17(20(24)25-12-16)18-13-26-22(29-18)27-21(28)19(14-7-3-1-4-8-14)15-9-5-2-6-10-15/h1-13,19H,(H,26,27,28). The molecule has 0 saturated carbocycles. The highest BCUT2D eigenvalue weighted by Gasteiger charge is 2.23. The van der Waals surface area contributed by atoms with Crippen LogP contribution in [-0.4, -0.2) is 23.7 Å². The predicted molar refractivity (Wildman–Crippen MR) is 119 cm³/mol. The summed E-state index contributed by atoms with van der Waals surface area (Å²) in [6.45, 7) is 0. The number of aromatic nitrogens is 2. The van der Waals surface area contributed by atoms with Gasteiger partial charge in [-0.05, 0) is 11.1 Å². The Morgan fingerprint density at radius 3 is 2.21 bits per heavy atom. The molecule has 4 rings (SSSR count). The maximum absolute atomic E-state index is 13.2. The Morgan fingerprint density at radius 1 is 0.966 bits per heavy atom. The zero-order valence-corrected chi connectivity index (χ0v) is 16.8. The molecule has 2 heterocycles. The molecule has 7 heteroatoms. The van der Waals surface area contributed by atoms with Crippen LogP contribution < -0.4 is 10.8 Å². The van der Waals surface area contributed by atoms with E-state index in [1.54, 1.807) is 12.3 Å². The first-order valence-corrected chi connectivity index (χ1v) is 10.1. The lowest BCUT2D eigenvalue weighted by molar-refractivity contribution is -0.116. The number of thiazole rings is 1. The number of hydrogen-bond donors (Lipinski definition) is 1. The van der Waals surface area contributed by atoms with E-state index in [1.807, 2.05) is 60.7 Å². The van der Waals surface area contributed by atoms with Crippen LogP contribution in [0, 0.1) is 0 Å². The third-order valence-electron chi connectivity index (χ3n) is 4.39. The number of carbonyl (C=O) groups is 1. The molecule has 0 saturated heterocycles. The summed E-state index contributed by atoms with van der Waals surface area (Å²) in [6, 6.07) is 21.1. The van der Waals surface area contributed by atoms with Gasteiger partial charge in [0, 0.05) is 18.0 Å². The number of benzene rings is 2. The molecule has 2 aromatic carbocycles. The highest BCUT2D eigenvalue weighted by atomic mass is 35.5. The lowest BCUT2D eigenvalue weighted by Crippen LogP contribution is -2.22. The molecular weight excluding hydrogens is 401 g/mol. The van der Waals surface area contributed by atoms with Crippen LogP contribution in [0.25, 0.3) is 10.4 Å². The number of nitrogens with zero attached hydrogens (tertiary/aromatic N) is 2. The van der Waals surface area contributed by atoms with Gasteiger partial charge in [-0.3, -0.25) is 4.79 Å². The van der Waals surface area contributed by atoms with Crippen LogP contribution in [0.5, 0.6) is 0 Å². The van der Waals surface area contributed by atoms with Gasteiger partial charge >= 0.3 is 0 Å². The van der Waals surface area contributed by atoms with Gasteiger partial charge in [0.2, 0.25) is 5.91 Å². The van der Waals surface area contributed by atoms with Gasteiger partial charge in [-0.2, -0.15) is 0 Å². The fourth-order valence-electron chi connectivity index (χ4n) is 3.06. The van der Waals surface area contributed by atoms with Crippen LogP contribution in [0.2, 0.25) is 5.15 Å². The minimum Gasteiger partial charge on any atom is -0.301 e. The van der Waals surface area contributed by atoms with E-state index in [1.165, 1.54) is 17.5 Å². The first-order valence-electron chi connectivity index (χ1n) is 8.90. The van der Waals surface area contributed by atoms with Gasteiger partial charge in [0.05, 0.1) is 10.8 Å². The van der Waals surface area contributed by atoms with E-state index in [4.69, 9.17) is 19.4 Å². The molecule has 0 fully saturated rings. The van der Waals surface area contributed by atoms with Gasteiger partial charge in [-0.25, -0.2) is 9.97 Å². The van der Waals surface area contributed by atoms with Crippen molar-refractivity contribution in [2.24, 2.45) is 0 Å². The third-order valence-corrected chi connectivity index (χ3v) is 5.64. The van der Waals surface area contributed by atoms with Crippen LogP contribution in [0.4, 0.5) is 5.13 Å². The molecule has 2 aromatic heterocycles. The predicted octanol–water partition coefficient (Wildman–Crippen LogP) is 4.42. The minimum atomic E-state index is -0.442. The second-order valence-electron chi connectivity index (χ2n) is 6.38. The topological polar surface area (TPSA) is 54.9 Å². The molecule has 4 aromatic rings. The summed E-state index contributed by atoms with van der Waals surface area (Å²) in [5, 5.41) is 3.76. The smallest absolute Gasteiger partial charge is 0.238 e. The lowest BCUT2D eigenvalue weighted by Gasteiger charge is -2.17. The number of pyridine rings is 1. The van der Waals surface area contributed by atoms with Crippen LogP contribution in [0.1, 0.15) is 17.0 Å². The molecular formula is C22H15BClN3OS. The highest BCUT2D eigenvalue weighted by Crippen LogP contribution is 2.33. The fraction of sp³-hybridized carbons (Fsp3) is 0.0455. The molecule has 0 aliphatic carbocycles. The molecule has 29 heavy (non-hydrogen) atoms. The summed E-state index contributed by atoms with van der Waals surface area (Å²) in [5.74, 6) is -0.595. The molecule has 140 valence electrons. The zero-order valence-electron chi connectivity index (χ0n) is 15.2. The van der Waals surface area contributed by atoms with Crippen LogP contribution in [0.3, 0.4) is 0 Å². The Morgan fingerprint density at radius 2 is 1.59 bits per heavy atom. The minimum absolute atomic E-state index is 0.153. The van der Waals surface area contributed by atoms with Crippen molar-refractivity contribution in [2.45, 2.75) is 5.92 Å². The van der Waals surface area contributed by atoms with Crippen molar-refractivity contribution in [3.05, 3.63) is 95.4 Å². The van der Waals surface area contributed by atoms with Crippen molar-refractivity contribution in [3.63, 3.8) is 0 Å². The number of halogens is 1. The van der Waals surface area contributed by atoms with Crippen molar-refractivity contribution in [1.82, 2.24) is 9.97 Å². The molecule has 0 aliphatic rings. The Hall–Kier alpha value is -2.96.